The molecular formula is C20H14F3NO5S. The third-order valence-electron chi connectivity index (χ3n) is 5.97. The zero-order chi connectivity index (χ0) is 21.4. The fourth-order valence-electron chi connectivity index (χ4n) is 4.68. The normalized spacial score (nSPS) is 23.4. The molecule has 10 heteroatoms. The van der Waals surface area contributed by atoms with Gasteiger partial charge in [-0.2, -0.15) is 21.6 Å². The van der Waals surface area contributed by atoms with Gasteiger partial charge in [-0.1, -0.05) is 24.3 Å². The molecule has 30 heavy (non-hydrogen) atoms. The molecule has 0 radical (unpaired) electrons. The lowest BCUT2D eigenvalue weighted by atomic mass is 9.85. The zero-order valence-electron chi connectivity index (χ0n) is 15.3. The molecule has 2 atom stereocenters. The Bertz CT molecular complexity index is 1240. The van der Waals surface area contributed by atoms with Gasteiger partial charge in [0.1, 0.15) is 0 Å². The molecule has 5 rings (SSSR count). The van der Waals surface area contributed by atoms with E-state index in [1.165, 1.54) is 12.1 Å². The lowest BCUT2D eigenvalue weighted by Crippen LogP contribution is -2.44. The first-order chi connectivity index (χ1) is 14.1. The van der Waals surface area contributed by atoms with Gasteiger partial charge in [0.25, 0.3) is 11.8 Å². The fraction of sp³-hybridized carbons (Fsp3) is 0.300. The van der Waals surface area contributed by atoms with Gasteiger partial charge in [-0.3, -0.25) is 9.59 Å². The van der Waals surface area contributed by atoms with Gasteiger partial charge < -0.3 is 0 Å². The van der Waals surface area contributed by atoms with Gasteiger partial charge in [0.2, 0.25) is 0 Å². The van der Waals surface area contributed by atoms with Gasteiger partial charge in [0, 0.05) is 5.39 Å². The van der Waals surface area contributed by atoms with Crippen LogP contribution in [0.5, 0.6) is 0 Å². The average molecular weight is 437 g/mol. The average Bonchev–Trinajstić information content (AvgIpc) is 3.31. The van der Waals surface area contributed by atoms with Crippen molar-refractivity contribution in [1.29, 1.82) is 0 Å². The molecule has 0 aromatic heterocycles. The molecule has 156 valence electrons. The zero-order valence-corrected chi connectivity index (χ0v) is 16.1. The van der Waals surface area contributed by atoms with Crippen molar-refractivity contribution in [1.82, 2.24) is 5.06 Å². The minimum absolute atomic E-state index is 0.0925. The number of carbonyl (C=O) groups is 2. The Balaban J connectivity index is 1.64. The number of nitrogens with zero attached hydrogens (tertiary/aromatic N) is 1. The summed E-state index contributed by atoms with van der Waals surface area (Å²) in [5, 5.41) is 0.581. The Morgan fingerprint density at radius 2 is 1.63 bits per heavy atom. The van der Waals surface area contributed by atoms with E-state index < -0.39 is 27.4 Å². The summed E-state index contributed by atoms with van der Waals surface area (Å²) in [6, 6.07) is 7.71. The van der Waals surface area contributed by atoms with Gasteiger partial charge in [-0.15, -0.1) is 9.35 Å². The largest absolute Gasteiger partial charge is 0.525 e. The highest BCUT2D eigenvalue weighted by Gasteiger charge is 2.51. The molecule has 6 nitrogen and oxygen atoms in total. The van der Waals surface area contributed by atoms with Crippen molar-refractivity contribution in [3.8, 4) is 0 Å². The van der Waals surface area contributed by atoms with Crippen molar-refractivity contribution in [3.63, 3.8) is 0 Å². The molecule has 2 aromatic rings. The number of imide groups is 1. The highest BCUT2D eigenvalue weighted by Crippen LogP contribution is 2.49. The third kappa shape index (κ3) is 2.63. The highest BCUT2D eigenvalue weighted by atomic mass is 32.2. The Morgan fingerprint density at radius 1 is 0.967 bits per heavy atom. The Kier molecular flexibility index (Phi) is 3.94. The quantitative estimate of drug-likeness (QED) is 0.535. The summed E-state index contributed by atoms with van der Waals surface area (Å²) in [5.41, 5.74) is -3.94. The number of carbonyl (C=O) groups excluding carboxylic acids is 2. The molecule has 1 saturated carbocycles. The first kappa shape index (κ1) is 19.3. The topological polar surface area (TPSA) is 80.8 Å². The van der Waals surface area contributed by atoms with E-state index in [-0.39, 0.29) is 21.6 Å². The summed E-state index contributed by atoms with van der Waals surface area (Å²) in [4.78, 5) is 25.4. The Hall–Kier alpha value is -2.72. The summed E-state index contributed by atoms with van der Waals surface area (Å²) in [7, 11) is -6.19. The first-order valence-electron chi connectivity index (χ1n) is 9.26. The van der Waals surface area contributed by atoms with E-state index in [0.717, 1.165) is 30.4 Å². The van der Waals surface area contributed by atoms with Crippen molar-refractivity contribution in [2.45, 2.75) is 24.8 Å². The fourth-order valence-corrected chi connectivity index (χ4v) is 5.10. The lowest BCUT2D eigenvalue weighted by Gasteiger charge is -2.27. The standard InChI is InChI=1S/C20H14F3NO5S/c21-20(22,23)30(27,28)29-24-18(25)14-3-1-2-13-12(6-7-15(17(13)14)19(24)26)16-9-10-4-5-11(16)8-10/h1-3,6-7,9-11H,4-5,8H2. The van der Waals surface area contributed by atoms with Gasteiger partial charge >= 0.3 is 15.6 Å². The third-order valence-corrected chi connectivity index (χ3v) is 6.88. The molecule has 2 aliphatic carbocycles. The maximum Gasteiger partial charge on any atom is 0.525 e. The maximum absolute atomic E-state index is 12.7. The molecule has 0 saturated heterocycles. The monoisotopic (exact) mass is 437 g/mol. The summed E-state index contributed by atoms with van der Waals surface area (Å²) in [6.45, 7) is 0. The molecule has 2 amide bonds. The van der Waals surface area contributed by atoms with E-state index in [0.29, 0.717) is 17.2 Å². The predicted molar refractivity (Wildman–Crippen MR) is 99.3 cm³/mol. The van der Waals surface area contributed by atoms with Crippen molar-refractivity contribution >= 4 is 38.3 Å². The molecule has 3 aliphatic rings. The molecule has 0 N–H and O–H groups in total. The summed E-state index contributed by atoms with van der Waals surface area (Å²) >= 11 is 0. The number of halogens is 3. The number of benzene rings is 2. The van der Waals surface area contributed by atoms with E-state index in [4.69, 9.17) is 0 Å². The smallest absolute Gasteiger partial charge is 0.266 e. The summed E-state index contributed by atoms with van der Waals surface area (Å²) in [6.07, 6.45) is 5.46. The first-order valence-corrected chi connectivity index (χ1v) is 10.7. The molecular weight excluding hydrogens is 423 g/mol. The van der Waals surface area contributed by atoms with E-state index >= 15 is 0 Å². The number of amides is 2. The molecule has 0 spiro atoms. The van der Waals surface area contributed by atoms with E-state index in [9.17, 15) is 31.2 Å². The van der Waals surface area contributed by atoms with Crippen LogP contribution in [0.2, 0.25) is 0 Å². The highest BCUT2D eigenvalue weighted by molar-refractivity contribution is 7.87. The van der Waals surface area contributed by atoms with E-state index in [1.54, 1.807) is 18.2 Å². The van der Waals surface area contributed by atoms with Crippen LogP contribution in [0.4, 0.5) is 13.2 Å². The van der Waals surface area contributed by atoms with Gasteiger partial charge in [0.05, 0.1) is 11.1 Å². The van der Waals surface area contributed by atoms with E-state index in [2.05, 4.69) is 10.4 Å². The minimum atomic E-state index is -6.19. The molecule has 2 aromatic carbocycles. The van der Waals surface area contributed by atoms with Crippen molar-refractivity contribution in [2.24, 2.45) is 11.8 Å². The van der Waals surface area contributed by atoms with E-state index in [1.807, 2.05) is 0 Å². The second-order valence-electron chi connectivity index (χ2n) is 7.66. The van der Waals surface area contributed by atoms with Crippen molar-refractivity contribution in [3.05, 3.63) is 53.1 Å². The molecule has 2 unspecified atom stereocenters. The number of hydrogen-bond donors (Lipinski definition) is 0. The number of hydrogen-bond acceptors (Lipinski definition) is 5. The molecule has 1 fully saturated rings. The van der Waals surface area contributed by atoms with Crippen LogP contribution in [0.1, 0.15) is 45.5 Å². The Labute approximate surface area is 169 Å². The second-order valence-corrected chi connectivity index (χ2v) is 9.18. The number of hydroxylamine groups is 2. The van der Waals surface area contributed by atoms with Crippen LogP contribution in [0, 0.1) is 11.8 Å². The number of fused-ring (bicyclic) bond motifs is 2. The summed E-state index contributed by atoms with van der Waals surface area (Å²) in [5.74, 6) is -1.61. The van der Waals surface area contributed by atoms with Crippen molar-refractivity contribution < 1.29 is 35.5 Å². The minimum Gasteiger partial charge on any atom is -0.266 e. The summed E-state index contributed by atoms with van der Waals surface area (Å²) < 4.78 is 64.7. The van der Waals surface area contributed by atoms with Crippen LogP contribution >= 0.6 is 0 Å². The number of alkyl halides is 3. The van der Waals surface area contributed by atoms with Crippen LogP contribution in [0.3, 0.4) is 0 Å². The second kappa shape index (κ2) is 6.14. The van der Waals surface area contributed by atoms with Crippen LogP contribution in [-0.2, 0) is 14.4 Å². The van der Waals surface area contributed by atoms with Gasteiger partial charge in [0.15, 0.2) is 0 Å². The van der Waals surface area contributed by atoms with Gasteiger partial charge in [-0.25, -0.2) is 0 Å². The molecule has 1 heterocycles. The molecule has 1 aliphatic heterocycles. The molecule has 2 bridgehead atoms. The van der Waals surface area contributed by atoms with Crippen LogP contribution in [0.25, 0.3) is 16.3 Å². The lowest BCUT2D eigenvalue weighted by molar-refractivity contribution is -0.0761. The van der Waals surface area contributed by atoms with Crippen molar-refractivity contribution in [2.75, 3.05) is 0 Å². The number of allylic oxidation sites excluding steroid dienone is 2. The maximum atomic E-state index is 12.7. The van der Waals surface area contributed by atoms with Crippen LogP contribution in [-0.4, -0.2) is 30.8 Å². The SMILES string of the molecule is O=C1c2cccc3c(C4=CC5CCC4C5)ccc(c23)C(=O)N1OS(=O)(=O)C(F)(F)F. The predicted octanol–water partition coefficient (Wildman–Crippen LogP) is 4.03. The van der Waals surface area contributed by atoms with Crippen LogP contribution in [0.15, 0.2) is 36.4 Å². The van der Waals surface area contributed by atoms with Gasteiger partial charge in [-0.05, 0) is 59.8 Å². The Morgan fingerprint density at radius 3 is 2.23 bits per heavy atom. The number of rotatable bonds is 3. The van der Waals surface area contributed by atoms with Crippen LogP contribution < -0.4 is 0 Å².